The molecule has 7 nitrogen and oxygen atoms in total. The fourth-order valence-corrected chi connectivity index (χ4v) is 2.29. The van der Waals surface area contributed by atoms with E-state index < -0.39 is 25.8 Å². The smallest absolute Gasteiger partial charge is 0.344 e. The van der Waals surface area contributed by atoms with Crippen molar-refractivity contribution in [2.75, 3.05) is 12.8 Å². The van der Waals surface area contributed by atoms with Gasteiger partial charge in [-0.1, -0.05) is 0 Å². The second kappa shape index (κ2) is 4.30. The molecule has 3 N–H and O–H groups in total. The van der Waals surface area contributed by atoms with Crippen LogP contribution >= 0.6 is 7.60 Å². The van der Waals surface area contributed by atoms with Crippen LogP contribution in [0.15, 0.2) is 0 Å². The van der Waals surface area contributed by atoms with Crippen LogP contribution in [0, 0.1) is 0 Å². The third kappa shape index (κ3) is 3.30. The average Bonchev–Trinajstić information content (AvgIpc) is 2.45. The first-order valence-electron chi connectivity index (χ1n) is 4.41. The van der Waals surface area contributed by atoms with E-state index in [0.29, 0.717) is 13.0 Å². The summed E-state index contributed by atoms with van der Waals surface area (Å²) in [6.45, 7) is 1.61. The molecule has 2 amide bonds. The maximum Gasteiger partial charge on any atom is 0.344 e. The van der Waals surface area contributed by atoms with Crippen LogP contribution in [0.5, 0.6) is 0 Å². The predicted octanol–water partition coefficient (Wildman–Crippen LogP) is -1.14. The Morgan fingerprint density at radius 2 is 2.27 bits per heavy atom. The Hall–Kier alpha value is -0.910. The van der Waals surface area contributed by atoms with Crippen molar-refractivity contribution in [3.8, 4) is 0 Å². The molecule has 1 atom stereocenters. The number of nitrogens with one attached hydrogen (secondary N) is 1. The zero-order valence-electron chi connectivity index (χ0n) is 8.21. The summed E-state index contributed by atoms with van der Waals surface area (Å²) in [6, 6.07) is -0.755. The van der Waals surface area contributed by atoms with Gasteiger partial charge in [0.1, 0.15) is 12.3 Å². The van der Waals surface area contributed by atoms with Gasteiger partial charge in [-0.3, -0.25) is 14.2 Å². The number of amides is 2. The lowest BCUT2D eigenvalue weighted by molar-refractivity contribution is -0.136. The number of carbonyl (C=O) groups excluding carboxylic acids is 2. The Kier molecular flexibility index (Phi) is 3.49. The Morgan fingerprint density at radius 3 is 2.60 bits per heavy atom. The van der Waals surface area contributed by atoms with Crippen LogP contribution in [-0.4, -0.2) is 45.4 Å². The molecule has 1 rings (SSSR count). The van der Waals surface area contributed by atoms with E-state index in [1.807, 2.05) is 0 Å². The monoisotopic (exact) mass is 236 g/mol. The van der Waals surface area contributed by atoms with Crippen LogP contribution in [0.3, 0.4) is 0 Å². The minimum atomic E-state index is -4.33. The summed E-state index contributed by atoms with van der Waals surface area (Å²) in [5.41, 5.74) is 0. The second-order valence-corrected chi connectivity index (χ2v) is 5.00. The van der Waals surface area contributed by atoms with Gasteiger partial charge in [-0.05, 0) is 6.42 Å². The van der Waals surface area contributed by atoms with Crippen molar-refractivity contribution in [2.24, 2.45) is 0 Å². The van der Waals surface area contributed by atoms with Gasteiger partial charge in [-0.25, -0.2) is 0 Å². The molecular weight excluding hydrogens is 223 g/mol. The summed E-state index contributed by atoms with van der Waals surface area (Å²) in [4.78, 5) is 40.9. The highest BCUT2D eigenvalue weighted by Crippen LogP contribution is 2.36. The molecule has 0 radical (unpaired) electrons. The van der Waals surface area contributed by atoms with Gasteiger partial charge in [-0.15, -0.1) is 0 Å². The summed E-state index contributed by atoms with van der Waals surface area (Å²) in [5, 5.41) is 2.50. The Labute approximate surface area is 86.6 Å². The Bertz CT molecular complexity index is 325. The summed E-state index contributed by atoms with van der Waals surface area (Å²) in [6.07, 6.45) is -0.321. The lowest BCUT2D eigenvalue weighted by Crippen LogP contribution is -2.43. The topological polar surface area (TPSA) is 107 Å². The molecule has 15 heavy (non-hydrogen) atoms. The van der Waals surface area contributed by atoms with Crippen LogP contribution in [0.2, 0.25) is 0 Å². The molecule has 0 aromatic rings. The first-order valence-corrected chi connectivity index (χ1v) is 6.20. The highest BCUT2D eigenvalue weighted by molar-refractivity contribution is 7.51. The van der Waals surface area contributed by atoms with Crippen molar-refractivity contribution in [3.05, 3.63) is 0 Å². The quantitative estimate of drug-likeness (QED) is 0.537. The molecule has 1 fully saturated rings. The number of nitrogens with zero attached hydrogens (tertiary/aromatic N) is 1. The van der Waals surface area contributed by atoms with E-state index in [9.17, 15) is 14.2 Å². The maximum atomic E-state index is 11.2. The summed E-state index contributed by atoms with van der Waals surface area (Å²) >= 11 is 0. The van der Waals surface area contributed by atoms with Gasteiger partial charge < -0.3 is 20.0 Å². The zero-order valence-corrected chi connectivity index (χ0v) is 9.11. The summed E-state index contributed by atoms with van der Waals surface area (Å²) in [5.74, 6) is -0.876. The highest BCUT2D eigenvalue weighted by Gasteiger charge is 2.35. The van der Waals surface area contributed by atoms with Crippen molar-refractivity contribution in [2.45, 2.75) is 19.4 Å². The van der Waals surface area contributed by atoms with Gasteiger partial charge in [0.2, 0.25) is 11.8 Å². The van der Waals surface area contributed by atoms with E-state index in [4.69, 9.17) is 9.79 Å². The van der Waals surface area contributed by atoms with E-state index in [2.05, 4.69) is 5.32 Å². The molecular formula is C7H13N2O5P. The molecule has 0 aromatic heterocycles. The fraction of sp³-hybridized carbons (Fsp3) is 0.714. The molecule has 1 saturated heterocycles. The van der Waals surface area contributed by atoms with Crippen molar-refractivity contribution in [3.63, 3.8) is 0 Å². The molecule has 1 heterocycles. The van der Waals surface area contributed by atoms with Crippen LogP contribution in [0.1, 0.15) is 13.3 Å². The van der Waals surface area contributed by atoms with E-state index in [1.165, 1.54) is 6.92 Å². The fourth-order valence-electron chi connectivity index (χ4n) is 1.49. The largest absolute Gasteiger partial charge is 0.354 e. The normalized spacial score (nSPS) is 21.3. The highest BCUT2D eigenvalue weighted by atomic mass is 31.2. The lowest BCUT2D eigenvalue weighted by atomic mass is 10.2. The van der Waals surface area contributed by atoms with Crippen LogP contribution in [0.25, 0.3) is 0 Å². The molecule has 0 bridgehead atoms. The molecule has 0 spiro atoms. The molecule has 86 valence electrons. The van der Waals surface area contributed by atoms with E-state index in [1.54, 1.807) is 0 Å². The first-order chi connectivity index (χ1) is 6.81. The van der Waals surface area contributed by atoms with Crippen LogP contribution < -0.4 is 5.32 Å². The summed E-state index contributed by atoms with van der Waals surface area (Å²) in [7, 11) is -4.33. The molecule has 1 aliphatic heterocycles. The first kappa shape index (κ1) is 12.2. The summed E-state index contributed by atoms with van der Waals surface area (Å²) < 4.78 is 10.8. The van der Waals surface area contributed by atoms with Gasteiger partial charge in [0.25, 0.3) is 0 Å². The zero-order chi connectivity index (χ0) is 11.6. The molecule has 0 saturated carbocycles. The standard InChI is InChI=1S/C7H13N2O5P/c1-5(10)9(4-15(12,13)14)6-2-3-8-7(6)11/h6H,2-4H2,1H3,(H,8,11)(H2,12,13,14). The molecule has 1 aliphatic rings. The predicted molar refractivity (Wildman–Crippen MR) is 50.8 cm³/mol. The average molecular weight is 236 g/mol. The lowest BCUT2D eigenvalue weighted by Gasteiger charge is -2.25. The van der Waals surface area contributed by atoms with E-state index in [0.717, 1.165) is 4.90 Å². The molecule has 0 aliphatic carbocycles. The number of hydrogen-bond donors (Lipinski definition) is 3. The van der Waals surface area contributed by atoms with Crippen LogP contribution in [-0.2, 0) is 14.2 Å². The minimum absolute atomic E-state index is 0.362. The van der Waals surface area contributed by atoms with Gasteiger partial charge in [0.15, 0.2) is 0 Å². The van der Waals surface area contributed by atoms with Crippen LogP contribution in [0.4, 0.5) is 0 Å². The number of rotatable bonds is 3. The minimum Gasteiger partial charge on any atom is -0.354 e. The third-order valence-electron chi connectivity index (χ3n) is 2.14. The van der Waals surface area contributed by atoms with E-state index in [-0.39, 0.29) is 5.91 Å². The molecule has 8 heteroatoms. The van der Waals surface area contributed by atoms with Gasteiger partial charge in [0, 0.05) is 13.5 Å². The third-order valence-corrected chi connectivity index (χ3v) is 2.81. The number of hydrogen-bond acceptors (Lipinski definition) is 3. The number of carbonyl (C=O) groups is 2. The maximum absolute atomic E-state index is 11.2. The second-order valence-electron chi connectivity index (χ2n) is 3.39. The van der Waals surface area contributed by atoms with Gasteiger partial charge >= 0.3 is 7.60 Å². The van der Waals surface area contributed by atoms with Gasteiger partial charge in [-0.2, -0.15) is 0 Å². The van der Waals surface area contributed by atoms with E-state index >= 15 is 0 Å². The Morgan fingerprint density at radius 1 is 1.67 bits per heavy atom. The molecule has 0 aromatic carbocycles. The van der Waals surface area contributed by atoms with Crippen molar-refractivity contribution in [1.82, 2.24) is 10.2 Å². The van der Waals surface area contributed by atoms with Crippen molar-refractivity contribution < 1.29 is 23.9 Å². The SMILES string of the molecule is CC(=O)N(CP(=O)(O)O)C1CCNC1=O. The Balaban J connectivity index is 2.78. The molecule has 1 unspecified atom stereocenters. The van der Waals surface area contributed by atoms with Gasteiger partial charge in [0.05, 0.1) is 0 Å². The van der Waals surface area contributed by atoms with Crippen molar-refractivity contribution in [1.29, 1.82) is 0 Å². The van der Waals surface area contributed by atoms with Crippen molar-refractivity contribution >= 4 is 19.4 Å².